The van der Waals surface area contributed by atoms with Gasteiger partial charge in [0, 0.05) is 19.0 Å². The van der Waals surface area contributed by atoms with E-state index < -0.39 is 11.6 Å². The van der Waals surface area contributed by atoms with E-state index in [4.69, 9.17) is 0 Å². The highest BCUT2D eigenvalue weighted by molar-refractivity contribution is 6.07. The van der Waals surface area contributed by atoms with Crippen molar-refractivity contribution in [2.75, 3.05) is 26.2 Å². The number of hydrogen-bond donors (Lipinski definition) is 3. The van der Waals surface area contributed by atoms with Crippen LogP contribution in [-0.2, 0) is 9.59 Å². The fourth-order valence-electron chi connectivity index (χ4n) is 3.35. The molecule has 0 unspecified atom stereocenters. The molecule has 3 fully saturated rings. The minimum atomic E-state index is -0.861. The van der Waals surface area contributed by atoms with E-state index in [0.29, 0.717) is 19.0 Å². The molecule has 3 aliphatic rings. The van der Waals surface area contributed by atoms with Gasteiger partial charge < -0.3 is 10.6 Å². The molecule has 2 heterocycles. The number of carbonyl (C=O) groups excluding carboxylic acids is 3. The summed E-state index contributed by atoms with van der Waals surface area (Å²) in [5.41, 5.74) is -0.861. The number of hydrogen-bond acceptors (Lipinski definition) is 4. The van der Waals surface area contributed by atoms with Gasteiger partial charge in [-0.15, -0.1) is 0 Å². The quantitative estimate of drug-likeness (QED) is 0.615. The number of amides is 4. The van der Waals surface area contributed by atoms with Crippen molar-refractivity contribution in [3.63, 3.8) is 0 Å². The second kappa shape index (κ2) is 5.87. The van der Waals surface area contributed by atoms with Crippen molar-refractivity contribution < 1.29 is 14.4 Å². The Bertz CT molecular complexity index is 491. The lowest BCUT2D eigenvalue weighted by Crippen LogP contribution is -2.56. The minimum absolute atomic E-state index is 0.0314. The summed E-state index contributed by atoms with van der Waals surface area (Å²) in [6.45, 7) is 4.44. The molecule has 2 saturated heterocycles. The third kappa shape index (κ3) is 3.24. The van der Waals surface area contributed by atoms with Crippen molar-refractivity contribution in [1.29, 1.82) is 0 Å². The molecule has 7 nitrogen and oxygen atoms in total. The third-order valence-corrected chi connectivity index (χ3v) is 5.05. The number of nitrogens with zero attached hydrogens (tertiary/aromatic N) is 1. The van der Waals surface area contributed by atoms with Crippen molar-refractivity contribution in [2.24, 2.45) is 11.8 Å². The van der Waals surface area contributed by atoms with Gasteiger partial charge in [0.1, 0.15) is 5.54 Å². The topological polar surface area (TPSA) is 90.5 Å². The molecule has 0 bridgehead atoms. The Morgan fingerprint density at radius 3 is 2.77 bits per heavy atom. The summed E-state index contributed by atoms with van der Waals surface area (Å²) in [6.07, 6.45) is 4.25. The molecule has 0 aromatic carbocycles. The van der Waals surface area contributed by atoms with Crippen molar-refractivity contribution in [2.45, 2.75) is 38.1 Å². The molecule has 3 rings (SSSR count). The maximum atomic E-state index is 12.0. The molecule has 7 heteroatoms. The molecular weight excluding hydrogens is 284 g/mol. The maximum Gasteiger partial charge on any atom is 0.322 e. The lowest BCUT2D eigenvalue weighted by Gasteiger charge is -2.39. The highest BCUT2D eigenvalue weighted by atomic mass is 16.2. The molecule has 0 radical (unpaired) electrons. The fourth-order valence-corrected chi connectivity index (χ4v) is 3.35. The molecule has 4 amide bonds. The number of carbonyl (C=O) groups is 3. The van der Waals surface area contributed by atoms with Crippen LogP contribution in [0, 0.1) is 11.8 Å². The van der Waals surface area contributed by atoms with Gasteiger partial charge in [0.05, 0.1) is 6.54 Å². The van der Waals surface area contributed by atoms with E-state index in [0.717, 1.165) is 25.9 Å². The van der Waals surface area contributed by atoms with Crippen LogP contribution < -0.4 is 16.0 Å². The van der Waals surface area contributed by atoms with Crippen LogP contribution in [-0.4, -0.2) is 54.5 Å². The molecule has 0 aromatic heterocycles. The first-order valence-electron chi connectivity index (χ1n) is 8.10. The molecular formula is C15H24N4O3. The Kier molecular flexibility index (Phi) is 4.08. The molecule has 0 spiro atoms. The monoisotopic (exact) mass is 308 g/mol. The summed E-state index contributed by atoms with van der Waals surface area (Å²) in [6, 6.07) is -0.424. The molecule has 0 aromatic rings. The Balaban J connectivity index is 1.53. The van der Waals surface area contributed by atoms with Gasteiger partial charge in [0.25, 0.3) is 5.91 Å². The summed E-state index contributed by atoms with van der Waals surface area (Å²) in [7, 11) is 0. The summed E-state index contributed by atoms with van der Waals surface area (Å²) in [5, 5.41) is 8.03. The molecule has 1 aliphatic carbocycles. The van der Waals surface area contributed by atoms with Crippen LogP contribution in [0.5, 0.6) is 0 Å². The predicted octanol–water partition coefficient (Wildman–Crippen LogP) is -0.177. The van der Waals surface area contributed by atoms with Crippen molar-refractivity contribution in [3.05, 3.63) is 0 Å². The highest BCUT2D eigenvalue weighted by Gasteiger charge is 2.48. The lowest BCUT2D eigenvalue weighted by atomic mass is 9.80. The largest absolute Gasteiger partial charge is 0.355 e. The smallest absolute Gasteiger partial charge is 0.322 e. The zero-order valence-electron chi connectivity index (χ0n) is 13.0. The average molecular weight is 308 g/mol. The summed E-state index contributed by atoms with van der Waals surface area (Å²) in [4.78, 5) is 37.5. The number of imide groups is 1. The molecule has 1 saturated carbocycles. The first kappa shape index (κ1) is 15.3. The van der Waals surface area contributed by atoms with Gasteiger partial charge >= 0.3 is 6.03 Å². The first-order valence-corrected chi connectivity index (χ1v) is 8.10. The molecule has 2 aliphatic heterocycles. The minimum Gasteiger partial charge on any atom is -0.355 e. The van der Waals surface area contributed by atoms with E-state index in [2.05, 4.69) is 20.9 Å². The zero-order chi connectivity index (χ0) is 15.7. The van der Waals surface area contributed by atoms with Crippen molar-refractivity contribution >= 4 is 17.8 Å². The maximum absolute atomic E-state index is 12.0. The molecule has 3 N–H and O–H groups in total. The number of piperidine rings is 1. The third-order valence-electron chi connectivity index (χ3n) is 5.05. The van der Waals surface area contributed by atoms with E-state index >= 15 is 0 Å². The Morgan fingerprint density at radius 2 is 2.14 bits per heavy atom. The van der Waals surface area contributed by atoms with Crippen LogP contribution in [0.1, 0.15) is 32.6 Å². The summed E-state index contributed by atoms with van der Waals surface area (Å²) >= 11 is 0. The Morgan fingerprint density at radius 1 is 1.36 bits per heavy atom. The van der Waals surface area contributed by atoms with Gasteiger partial charge in [0.2, 0.25) is 5.91 Å². The second-order valence-corrected chi connectivity index (χ2v) is 6.93. The van der Waals surface area contributed by atoms with E-state index in [9.17, 15) is 14.4 Å². The number of rotatable bonds is 5. The van der Waals surface area contributed by atoms with E-state index in [1.165, 1.54) is 12.8 Å². The number of likely N-dealkylation sites (tertiary alicyclic amines) is 1. The van der Waals surface area contributed by atoms with E-state index in [-0.39, 0.29) is 17.7 Å². The molecule has 22 heavy (non-hydrogen) atoms. The SMILES string of the molecule is C[C@]1([C@@H]2CCCN(CC(=O)NCC3CC3)C2)NC(=O)NC1=O. The summed E-state index contributed by atoms with van der Waals surface area (Å²) < 4.78 is 0. The zero-order valence-corrected chi connectivity index (χ0v) is 13.0. The van der Waals surface area contributed by atoms with Crippen molar-refractivity contribution in [1.82, 2.24) is 20.9 Å². The first-order chi connectivity index (χ1) is 10.5. The second-order valence-electron chi connectivity index (χ2n) is 6.93. The van der Waals surface area contributed by atoms with Crippen LogP contribution in [0.3, 0.4) is 0 Å². The molecule has 2 atom stereocenters. The Hall–Kier alpha value is -1.63. The fraction of sp³-hybridized carbons (Fsp3) is 0.800. The van der Waals surface area contributed by atoms with E-state index in [1.54, 1.807) is 6.92 Å². The summed E-state index contributed by atoms with van der Waals surface area (Å²) in [5.74, 6) is 0.499. The average Bonchev–Trinajstić information content (AvgIpc) is 3.25. The van der Waals surface area contributed by atoms with Crippen LogP contribution in [0.2, 0.25) is 0 Å². The van der Waals surface area contributed by atoms with Crippen LogP contribution in [0.15, 0.2) is 0 Å². The molecule has 122 valence electrons. The predicted molar refractivity (Wildman–Crippen MR) is 80.0 cm³/mol. The number of urea groups is 1. The normalized spacial score (nSPS) is 32.5. The van der Waals surface area contributed by atoms with Crippen molar-refractivity contribution in [3.8, 4) is 0 Å². The lowest BCUT2D eigenvalue weighted by molar-refractivity contribution is -0.126. The van der Waals surface area contributed by atoms with Gasteiger partial charge in [-0.3, -0.25) is 19.8 Å². The van der Waals surface area contributed by atoms with Gasteiger partial charge in [-0.2, -0.15) is 0 Å². The Labute approximate surface area is 130 Å². The standard InChI is InChI=1S/C15H24N4O3/c1-15(13(21)17-14(22)18-15)11-3-2-6-19(8-11)9-12(20)16-7-10-4-5-10/h10-11H,2-9H2,1H3,(H,16,20)(H2,17,18,21,22)/t11-,15-/m1/s1. The van der Waals surface area contributed by atoms with E-state index in [1.807, 2.05) is 0 Å². The highest BCUT2D eigenvalue weighted by Crippen LogP contribution is 2.30. The van der Waals surface area contributed by atoms with Crippen LogP contribution in [0.4, 0.5) is 4.79 Å². The van der Waals surface area contributed by atoms with Gasteiger partial charge in [-0.05, 0) is 45.1 Å². The van der Waals surface area contributed by atoms with Gasteiger partial charge in [0.15, 0.2) is 0 Å². The van der Waals surface area contributed by atoms with Crippen LogP contribution >= 0.6 is 0 Å². The number of nitrogens with one attached hydrogen (secondary N) is 3. The van der Waals surface area contributed by atoms with Gasteiger partial charge in [-0.1, -0.05) is 0 Å². The van der Waals surface area contributed by atoms with Gasteiger partial charge in [-0.25, -0.2) is 4.79 Å². The van der Waals surface area contributed by atoms with Crippen LogP contribution in [0.25, 0.3) is 0 Å².